The molecule has 11 heteroatoms. The van der Waals surface area contributed by atoms with Crippen LogP contribution in [0.3, 0.4) is 0 Å². The second-order valence-electron chi connectivity index (χ2n) is 5.89. The fourth-order valence-corrected chi connectivity index (χ4v) is 4.68. The van der Waals surface area contributed by atoms with Crippen LogP contribution < -0.4 is 10.9 Å². The van der Waals surface area contributed by atoms with Gasteiger partial charge in [-0.1, -0.05) is 6.07 Å². The van der Waals surface area contributed by atoms with E-state index in [9.17, 15) is 23.4 Å². The van der Waals surface area contributed by atoms with Gasteiger partial charge in [-0.2, -0.15) is 13.5 Å². The molecule has 0 fully saturated rings. The number of nitrogens with zero attached hydrogens (tertiary/aromatic N) is 3. The summed E-state index contributed by atoms with van der Waals surface area (Å²) in [5.41, 5.74) is -0.671. The molecule has 3 aromatic rings. The van der Waals surface area contributed by atoms with Crippen LogP contribution >= 0.6 is 11.3 Å². The number of aromatic hydroxyl groups is 2. The number of rotatable bonds is 3. The summed E-state index contributed by atoms with van der Waals surface area (Å²) in [5.74, 6) is -0.994. The van der Waals surface area contributed by atoms with Crippen LogP contribution in [-0.2, 0) is 16.6 Å². The first-order chi connectivity index (χ1) is 13.3. The smallest absolute Gasteiger partial charge is 0.286 e. The Bertz CT molecular complexity index is 1280. The topological polar surface area (TPSA) is 134 Å². The van der Waals surface area contributed by atoms with Crippen molar-refractivity contribution in [2.75, 3.05) is 5.32 Å². The number of amidine groups is 1. The number of fused-ring (bicyclic) bond motifs is 1. The van der Waals surface area contributed by atoms with Crippen molar-refractivity contribution in [3.63, 3.8) is 0 Å². The number of hydrogen-bond donors (Lipinski definition) is 3. The van der Waals surface area contributed by atoms with Crippen molar-refractivity contribution in [1.82, 2.24) is 9.78 Å². The van der Waals surface area contributed by atoms with Crippen LogP contribution in [0.5, 0.6) is 11.5 Å². The lowest BCUT2D eigenvalue weighted by molar-refractivity contribution is 0.463. The molecular weight excluding hydrogens is 404 g/mol. The monoisotopic (exact) mass is 418 g/mol. The van der Waals surface area contributed by atoms with Gasteiger partial charge in [0.25, 0.3) is 15.6 Å². The first kappa shape index (κ1) is 18.2. The molecule has 0 atom stereocenters. The minimum absolute atomic E-state index is 0.138. The average Bonchev–Trinajstić information content (AvgIpc) is 3.17. The number of phenols is 1. The standard InChI is InChI=1S/C17H14N4O5S2/c1-2-21-17(24)13(15(23)14(19-21)11-4-3-7-27-11)16-18-10-6-5-9(22)8-12(10)28(25,26)20-16/h3-8,22-23H,2H2,1H3,(H,18,20). The molecular formula is C17H14N4O5S2. The fraction of sp³-hybridized carbons (Fsp3) is 0.118. The summed E-state index contributed by atoms with van der Waals surface area (Å²) < 4.78 is 29.9. The highest BCUT2D eigenvalue weighted by atomic mass is 32.2. The number of nitrogens with one attached hydrogen (secondary N) is 1. The Hall–Kier alpha value is -3.18. The normalized spacial score (nSPS) is 14.8. The number of phenolic OH excluding ortho intramolecular Hbond substituents is 1. The van der Waals surface area contributed by atoms with Gasteiger partial charge in [0.05, 0.1) is 10.6 Å². The van der Waals surface area contributed by atoms with Gasteiger partial charge in [-0.15, -0.1) is 15.7 Å². The molecule has 0 bridgehead atoms. The third kappa shape index (κ3) is 2.84. The zero-order chi connectivity index (χ0) is 20.1. The Morgan fingerprint density at radius 3 is 2.71 bits per heavy atom. The van der Waals surface area contributed by atoms with Gasteiger partial charge < -0.3 is 15.5 Å². The van der Waals surface area contributed by atoms with Gasteiger partial charge in [0.1, 0.15) is 21.9 Å². The minimum atomic E-state index is -4.19. The highest BCUT2D eigenvalue weighted by Crippen LogP contribution is 2.35. The number of aryl methyl sites for hydroxylation is 1. The lowest BCUT2D eigenvalue weighted by Crippen LogP contribution is -2.33. The van der Waals surface area contributed by atoms with Gasteiger partial charge in [0.15, 0.2) is 11.6 Å². The Kier molecular flexibility index (Phi) is 4.20. The molecule has 2 aromatic heterocycles. The van der Waals surface area contributed by atoms with Crippen molar-refractivity contribution >= 4 is 32.9 Å². The lowest BCUT2D eigenvalue weighted by Gasteiger charge is -2.19. The Morgan fingerprint density at radius 1 is 1.25 bits per heavy atom. The number of aromatic nitrogens is 2. The highest BCUT2D eigenvalue weighted by Gasteiger charge is 2.30. The Morgan fingerprint density at radius 2 is 2.04 bits per heavy atom. The van der Waals surface area contributed by atoms with Crippen molar-refractivity contribution in [3.05, 3.63) is 51.6 Å². The van der Waals surface area contributed by atoms with Crippen molar-refractivity contribution in [1.29, 1.82) is 0 Å². The molecule has 4 rings (SSSR count). The highest BCUT2D eigenvalue weighted by molar-refractivity contribution is 7.90. The minimum Gasteiger partial charge on any atom is -0.508 e. The predicted octanol–water partition coefficient (Wildman–Crippen LogP) is 1.96. The van der Waals surface area contributed by atoms with E-state index in [1.54, 1.807) is 24.4 Å². The second-order valence-corrected chi connectivity index (χ2v) is 8.41. The van der Waals surface area contributed by atoms with Crippen molar-refractivity contribution in [2.45, 2.75) is 18.4 Å². The van der Waals surface area contributed by atoms with E-state index in [-0.39, 0.29) is 40.0 Å². The van der Waals surface area contributed by atoms with E-state index in [2.05, 4.69) is 14.8 Å². The summed E-state index contributed by atoms with van der Waals surface area (Å²) in [5, 5.41) is 29.0. The van der Waals surface area contributed by atoms with Crippen LogP contribution in [0.2, 0.25) is 0 Å². The molecule has 0 spiro atoms. The number of thiophene rings is 1. The molecule has 0 aliphatic carbocycles. The van der Waals surface area contributed by atoms with Gasteiger partial charge in [-0.25, -0.2) is 4.68 Å². The SMILES string of the molecule is CCn1nc(-c2cccs2)c(O)c(C2=NS(=O)(=O)c3cc(O)ccc3N2)c1=O. The second kappa shape index (κ2) is 6.46. The number of benzene rings is 1. The molecule has 1 aromatic carbocycles. The summed E-state index contributed by atoms with van der Waals surface area (Å²) >= 11 is 1.32. The maximum Gasteiger partial charge on any atom is 0.286 e. The largest absolute Gasteiger partial charge is 0.508 e. The van der Waals surface area contributed by atoms with E-state index in [4.69, 9.17) is 0 Å². The van der Waals surface area contributed by atoms with E-state index >= 15 is 0 Å². The molecule has 0 unspecified atom stereocenters. The Balaban J connectivity index is 1.98. The third-order valence-corrected chi connectivity index (χ3v) is 6.32. The van der Waals surface area contributed by atoms with Crippen LogP contribution in [0.15, 0.2) is 49.8 Å². The van der Waals surface area contributed by atoms with Crippen molar-refractivity contribution in [2.24, 2.45) is 4.40 Å². The maximum absolute atomic E-state index is 12.8. The van der Waals surface area contributed by atoms with Gasteiger partial charge >= 0.3 is 0 Å². The predicted molar refractivity (Wildman–Crippen MR) is 105 cm³/mol. The molecule has 0 radical (unpaired) electrons. The van der Waals surface area contributed by atoms with Gasteiger partial charge in [0, 0.05) is 12.6 Å². The van der Waals surface area contributed by atoms with Crippen LogP contribution in [0.1, 0.15) is 12.5 Å². The molecule has 0 saturated heterocycles. The third-order valence-electron chi connectivity index (χ3n) is 4.13. The number of sulfonamides is 1. The van der Waals surface area contributed by atoms with E-state index < -0.39 is 21.3 Å². The number of hydrogen-bond acceptors (Lipinski definition) is 8. The molecule has 3 heterocycles. The van der Waals surface area contributed by atoms with Crippen LogP contribution in [0.4, 0.5) is 5.69 Å². The summed E-state index contributed by atoms with van der Waals surface area (Å²) in [6.07, 6.45) is 0. The van der Waals surface area contributed by atoms with Crippen molar-refractivity contribution < 1.29 is 18.6 Å². The summed E-state index contributed by atoms with van der Waals surface area (Å²) in [7, 11) is -4.19. The van der Waals surface area contributed by atoms with Crippen LogP contribution in [-0.4, -0.2) is 34.2 Å². The molecule has 144 valence electrons. The molecule has 9 nitrogen and oxygen atoms in total. The quantitative estimate of drug-likeness (QED) is 0.554. The van der Waals surface area contributed by atoms with Crippen LogP contribution in [0.25, 0.3) is 10.6 Å². The van der Waals surface area contributed by atoms with Crippen molar-refractivity contribution in [3.8, 4) is 22.1 Å². The lowest BCUT2D eigenvalue weighted by atomic mass is 10.1. The van der Waals surface area contributed by atoms with Gasteiger partial charge in [-0.05, 0) is 30.5 Å². The average molecular weight is 418 g/mol. The Labute approximate surface area is 163 Å². The van der Waals surface area contributed by atoms with E-state index in [1.807, 2.05) is 0 Å². The van der Waals surface area contributed by atoms with Gasteiger partial charge in [-0.3, -0.25) is 4.79 Å². The zero-order valence-corrected chi connectivity index (χ0v) is 16.1. The molecule has 0 saturated carbocycles. The summed E-state index contributed by atoms with van der Waals surface area (Å²) in [6.45, 7) is 1.92. The summed E-state index contributed by atoms with van der Waals surface area (Å²) in [4.78, 5) is 13.2. The first-order valence-corrected chi connectivity index (χ1v) is 10.5. The molecule has 28 heavy (non-hydrogen) atoms. The van der Waals surface area contributed by atoms with E-state index in [1.165, 1.54) is 23.5 Å². The molecule has 1 aliphatic rings. The molecule has 0 amide bonds. The van der Waals surface area contributed by atoms with E-state index in [0.29, 0.717) is 4.88 Å². The van der Waals surface area contributed by atoms with Gasteiger partial charge in [0.2, 0.25) is 0 Å². The first-order valence-electron chi connectivity index (χ1n) is 8.15. The maximum atomic E-state index is 12.8. The van der Waals surface area contributed by atoms with Crippen LogP contribution in [0, 0.1) is 0 Å². The fourth-order valence-electron chi connectivity index (χ4n) is 2.82. The molecule has 1 aliphatic heterocycles. The van der Waals surface area contributed by atoms with E-state index in [0.717, 1.165) is 10.7 Å². The zero-order valence-electron chi connectivity index (χ0n) is 14.4. The molecule has 3 N–H and O–H groups in total. The summed E-state index contributed by atoms with van der Waals surface area (Å²) in [6, 6.07) is 7.22. The number of anilines is 1.